The van der Waals surface area contributed by atoms with Crippen LogP contribution in [-0.2, 0) is 7.05 Å². The first-order valence-electron chi connectivity index (χ1n) is 5.77. The number of hydrogen-bond donors (Lipinski definition) is 1. The monoisotopic (exact) mass is 278 g/mol. The Hall–Kier alpha value is -2.08. The van der Waals surface area contributed by atoms with Crippen LogP contribution in [0.5, 0.6) is 11.6 Å². The standard InChI is InChI=1S/C13H14N2O3S/c1-3-18-10-6-4-9(5-7-10)14-8-11-12(16)15(2)13(17)19-11/h4-8,16H,3H2,1-2H3. The van der Waals surface area contributed by atoms with Gasteiger partial charge in [0, 0.05) is 7.05 Å². The van der Waals surface area contributed by atoms with Gasteiger partial charge >= 0.3 is 4.87 Å². The Morgan fingerprint density at radius 1 is 1.42 bits per heavy atom. The molecule has 0 aliphatic heterocycles. The van der Waals surface area contributed by atoms with E-state index in [0.717, 1.165) is 22.8 Å². The van der Waals surface area contributed by atoms with Crippen molar-refractivity contribution in [1.82, 2.24) is 4.57 Å². The quantitative estimate of drug-likeness (QED) is 0.873. The van der Waals surface area contributed by atoms with Gasteiger partial charge in [0.2, 0.25) is 5.88 Å². The molecule has 2 rings (SSSR count). The summed E-state index contributed by atoms with van der Waals surface area (Å²) in [6.07, 6.45) is 1.48. The number of ether oxygens (including phenoxy) is 1. The molecule has 0 saturated carbocycles. The van der Waals surface area contributed by atoms with E-state index in [2.05, 4.69) is 4.99 Å². The molecule has 1 N–H and O–H groups in total. The summed E-state index contributed by atoms with van der Waals surface area (Å²) >= 11 is 0.955. The van der Waals surface area contributed by atoms with E-state index in [9.17, 15) is 9.90 Å². The topological polar surface area (TPSA) is 63.8 Å². The molecular weight excluding hydrogens is 264 g/mol. The highest BCUT2D eigenvalue weighted by Gasteiger charge is 2.08. The van der Waals surface area contributed by atoms with Crippen LogP contribution in [0.3, 0.4) is 0 Å². The first-order chi connectivity index (χ1) is 9.11. The van der Waals surface area contributed by atoms with Crippen molar-refractivity contribution in [1.29, 1.82) is 0 Å². The van der Waals surface area contributed by atoms with Crippen molar-refractivity contribution in [2.45, 2.75) is 6.92 Å². The Labute approximate surface area is 114 Å². The molecule has 0 aliphatic rings. The van der Waals surface area contributed by atoms with E-state index in [1.54, 1.807) is 0 Å². The molecule has 0 aliphatic carbocycles. The Bertz CT molecular complexity index is 641. The number of rotatable bonds is 4. The van der Waals surface area contributed by atoms with E-state index in [1.165, 1.54) is 17.8 Å². The maximum atomic E-state index is 11.3. The van der Waals surface area contributed by atoms with Gasteiger partial charge in [-0.15, -0.1) is 0 Å². The molecule has 0 amide bonds. The van der Waals surface area contributed by atoms with Gasteiger partial charge in [0.15, 0.2) is 0 Å². The van der Waals surface area contributed by atoms with E-state index in [4.69, 9.17) is 4.74 Å². The van der Waals surface area contributed by atoms with Crippen molar-refractivity contribution in [3.63, 3.8) is 0 Å². The molecule has 0 unspecified atom stereocenters. The molecule has 2 aromatic rings. The van der Waals surface area contributed by atoms with Crippen molar-refractivity contribution in [2.75, 3.05) is 6.61 Å². The summed E-state index contributed by atoms with van der Waals surface area (Å²) in [6, 6.07) is 7.27. The molecule has 0 bridgehead atoms. The van der Waals surface area contributed by atoms with E-state index in [0.29, 0.717) is 11.5 Å². The molecular formula is C13H14N2O3S. The number of aromatic hydroxyl groups is 1. The number of aromatic nitrogens is 1. The van der Waals surface area contributed by atoms with E-state index in [-0.39, 0.29) is 10.8 Å². The lowest BCUT2D eigenvalue weighted by Gasteiger charge is -2.01. The highest BCUT2D eigenvalue weighted by Crippen LogP contribution is 2.20. The van der Waals surface area contributed by atoms with Gasteiger partial charge < -0.3 is 9.84 Å². The number of benzene rings is 1. The SMILES string of the molecule is CCOc1ccc(N=Cc2sc(=O)n(C)c2O)cc1. The molecule has 1 aromatic heterocycles. The van der Waals surface area contributed by atoms with Crippen molar-refractivity contribution >= 4 is 23.2 Å². The molecule has 0 saturated heterocycles. The highest BCUT2D eigenvalue weighted by molar-refractivity contribution is 7.11. The maximum Gasteiger partial charge on any atom is 0.310 e. The summed E-state index contributed by atoms with van der Waals surface area (Å²) in [5.41, 5.74) is 0.728. The van der Waals surface area contributed by atoms with Gasteiger partial charge in [-0.05, 0) is 31.2 Å². The third-order valence-electron chi connectivity index (χ3n) is 2.49. The lowest BCUT2D eigenvalue weighted by Crippen LogP contribution is -2.05. The molecule has 100 valence electrons. The van der Waals surface area contributed by atoms with Gasteiger partial charge in [0.25, 0.3) is 0 Å². The Balaban J connectivity index is 2.18. The Morgan fingerprint density at radius 2 is 2.11 bits per heavy atom. The van der Waals surface area contributed by atoms with Crippen molar-refractivity contribution in [2.24, 2.45) is 12.0 Å². The molecule has 6 heteroatoms. The summed E-state index contributed by atoms with van der Waals surface area (Å²) < 4.78 is 6.51. The fraction of sp³-hybridized carbons (Fsp3) is 0.231. The first kappa shape index (κ1) is 13.4. The fourth-order valence-electron chi connectivity index (χ4n) is 1.47. The van der Waals surface area contributed by atoms with Crippen LogP contribution in [0, 0.1) is 0 Å². The summed E-state index contributed by atoms with van der Waals surface area (Å²) in [4.78, 5) is 15.8. The van der Waals surface area contributed by atoms with Crippen LogP contribution < -0.4 is 9.61 Å². The average Bonchev–Trinajstić information content (AvgIpc) is 2.66. The van der Waals surface area contributed by atoms with Crippen molar-refractivity contribution in [3.8, 4) is 11.6 Å². The van der Waals surface area contributed by atoms with Gasteiger partial charge in [-0.3, -0.25) is 14.4 Å². The molecule has 1 heterocycles. The molecule has 19 heavy (non-hydrogen) atoms. The minimum absolute atomic E-state index is 0.0651. The zero-order chi connectivity index (χ0) is 13.8. The first-order valence-corrected chi connectivity index (χ1v) is 6.59. The van der Waals surface area contributed by atoms with Gasteiger partial charge in [-0.1, -0.05) is 11.3 Å². The van der Waals surface area contributed by atoms with E-state index >= 15 is 0 Å². The van der Waals surface area contributed by atoms with Gasteiger partial charge in [-0.2, -0.15) is 0 Å². The Kier molecular flexibility index (Phi) is 4.01. The van der Waals surface area contributed by atoms with Crippen LogP contribution in [0.4, 0.5) is 5.69 Å². The van der Waals surface area contributed by atoms with Crippen LogP contribution in [0.15, 0.2) is 34.1 Å². The maximum absolute atomic E-state index is 11.3. The average molecular weight is 278 g/mol. The number of nitrogens with zero attached hydrogens (tertiary/aromatic N) is 2. The summed E-state index contributed by atoms with van der Waals surface area (Å²) in [7, 11) is 1.52. The summed E-state index contributed by atoms with van der Waals surface area (Å²) in [5, 5.41) is 9.67. The molecule has 0 atom stereocenters. The normalized spacial score (nSPS) is 11.1. The Morgan fingerprint density at radius 3 is 2.63 bits per heavy atom. The third kappa shape index (κ3) is 3.03. The number of hydrogen-bond acceptors (Lipinski definition) is 5. The lowest BCUT2D eigenvalue weighted by molar-refractivity contribution is 0.340. The second-order valence-electron chi connectivity index (χ2n) is 3.80. The smallest absolute Gasteiger partial charge is 0.310 e. The molecule has 5 nitrogen and oxygen atoms in total. The predicted octanol–water partition coefficient (Wildman–Crippen LogP) is 2.30. The zero-order valence-electron chi connectivity index (χ0n) is 10.7. The van der Waals surface area contributed by atoms with E-state index < -0.39 is 0 Å². The molecule has 0 radical (unpaired) electrons. The fourth-order valence-corrected chi connectivity index (χ4v) is 2.22. The van der Waals surface area contributed by atoms with E-state index in [1.807, 2.05) is 31.2 Å². The van der Waals surface area contributed by atoms with Crippen LogP contribution in [0.25, 0.3) is 0 Å². The molecule has 1 aromatic carbocycles. The minimum Gasteiger partial charge on any atom is -0.494 e. The van der Waals surface area contributed by atoms with Crippen molar-refractivity contribution in [3.05, 3.63) is 38.8 Å². The van der Waals surface area contributed by atoms with Crippen LogP contribution >= 0.6 is 11.3 Å². The molecule has 0 spiro atoms. The van der Waals surface area contributed by atoms with Gasteiger partial charge in [-0.25, -0.2) is 0 Å². The highest BCUT2D eigenvalue weighted by atomic mass is 32.1. The largest absolute Gasteiger partial charge is 0.494 e. The summed E-state index contributed by atoms with van der Waals surface area (Å²) in [5.74, 6) is 0.721. The van der Waals surface area contributed by atoms with Crippen LogP contribution in [-0.4, -0.2) is 22.5 Å². The van der Waals surface area contributed by atoms with Gasteiger partial charge in [0.1, 0.15) is 10.6 Å². The number of aliphatic imine (C=N–C) groups is 1. The lowest BCUT2D eigenvalue weighted by atomic mass is 10.3. The van der Waals surface area contributed by atoms with Gasteiger partial charge in [0.05, 0.1) is 18.5 Å². The number of thiazole rings is 1. The predicted molar refractivity (Wildman–Crippen MR) is 76.1 cm³/mol. The van der Waals surface area contributed by atoms with Crippen LogP contribution in [0.2, 0.25) is 0 Å². The summed E-state index contributed by atoms with van der Waals surface area (Å²) in [6.45, 7) is 2.54. The second kappa shape index (κ2) is 5.71. The van der Waals surface area contributed by atoms with Crippen molar-refractivity contribution < 1.29 is 9.84 Å². The minimum atomic E-state index is -0.217. The van der Waals surface area contributed by atoms with Crippen LogP contribution in [0.1, 0.15) is 11.8 Å². The third-order valence-corrected chi connectivity index (χ3v) is 3.44. The molecule has 0 fully saturated rings. The zero-order valence-corrected chi connectivity index (χ0v) is 11.5. The second-order valence-corrected chi connectivity index (χ2v) is 4.79.